The lowest BCUT2D eigenvalue weighted by Gasteiger charge is -2.00. The van der Waals surface area contributed by atoms with Crippen LogP contribution in [0, 0.1) is 0 Å². The summed E-state index contributed by atoms with van der Waals surface area (Å²) < 4.78 is 5.16. The fraction of sp³-hybridized carbons (Fsp3) is 0.375. The quantitative estimate of drug-likeness (QED) is 0.660. The second kappa shape index (κ2) is 4.68. The molecule has 0 bridgehead atoms. The minimum atomic E-state index is 0.676. The molecule has 60 valence electrons. The molecule has 0 aromatic carbocycles. The van der Waals surface area contributed by atoms with Gasteiger partial charge in [0.25, 0.3) is 0 Å². The van der Waals surface area contributed by atoms with Crippen LogP contribution in [0.2, 0.25) is 0 Å². The van der Waals surface area contributed by atoms with Crippen LogP contribution < -0.4 is 5.73 Å². The van der Waals surface area contributed by atoms with E-state index in [2.05, 4.69) is 4.99 Å². The standard InChI is InChI=1S/C8H12N2O/c9-5-3-4-8-10-6-1-2-7-11-8/h1-2,6-7H,3-5,9H2. The van der Waals surface area contributed by atoms with Crippen molar-refractivity contribution >= 4 is 5.90 Å². The molecule has 0 spiro atoms. The fourth-order valence-electron chi connectivity index (χ4n) is 0.746. The van der Waals surface area contributed by atoms with E-state index < -0.39 is 0 Å². The largest absolute Gasteiger partial charge is 0.451 e. The van der Waals surface area contributed by atoms with Gasteiger partial charge >= 0.3 is 0 Å². The zero-order valence-corrected chi connectivity index (χ0v) is 6.36. The highest BCUT2D eigenvalue weighted by atomic mass is 16.5. The predicted octanol–water partition coefficient (Wildman–Crippen LogP) is 1.18. The second-order valence-corrected chi connectivity index (χ2v) is 2.20. The lowest BCUT2D eigenvalue weighted by Crippen LogP contribution is -2.05. The molecule has 0 atom stereocenters. The normalized spacial score (nSPS) is 15.5. The lowest BCUT2D eigenvalue weighted by atomic mass is 10.3. The minimum absolute atomic E-state index is 0.676. The molecule has 1 aliphatic rings. The van der Waals surface area contributed by atoms with Gasteiger partial charge in [-0.2, -0.15) is 0 Å². The highest BCUT2D eigenvalue weighted by molar-refractivity contribution is 5.77. The van der Waals surface area contributed by atoms with Crippen LogP contribution in [0.15, 0.2) is 29.6 Å². The van der Waals surface area contributed by atoms with Crippen LogP contribution in [-0.2, 0) is 4.74 Å². The molecule has 0 unspecified atom stereocenters. The number of rotatable bonds is 3. The van der Waals surface area contributed by atoms with E-state index in [4.69, 9.17) is 10.5 Å². The molecular formula is C8H12N2O. The van der Waals surface area contributed by atoms with Gasteiger partial charge in [0, 0.05) is 12.6 Å². The Morgan fingerprint density at radius 3 is 3.18 bits per heavy atom. The monoisotopic (exact) mass is 152 g/mol. The Hall–Kier alpha value is -1.09. The Morgan fingerprint density at radius 1 is 1.45 bits per heavy atom. The molecule has 11 heavy (non-hydrogen) atoms. The smallest absolute Gasteiger partial charge is 0.193 e. The fourth-order valence-corrected chi connectivity index (χ4v) is 0.746. The van der Waals surface area contributed by atoms with E-state index in [9.17, 15) is 0 Å². The molecule has 0 aromatic rings. The molecule has 1 rings (SSSR count). The molecule has 1 heterocycles. The van der Waals surface area contributed by atoms with Gasteiger partial charge in [-0.25, -0.2) is 4.99 Å². The molecule has 1 aliphatic heterocycles. The Bertz CT molecular complexity index is 194. The van der Waals surface area contributed by atoms with Gasteiger partial charge in [0.15, 0.2) is 5.90 Å². The molecule has 3 heteroatoms. The summed E-state index contributed by atoms with van der Waals surface area (Å²) in [7, 11) is 0. The highest BCUT2D eigenvalue weighted by Crippen LogP contribution is 1.99. The van der Waals surface area contributed by atoms with E-state index >= 15 is 0 Å². The maximum atomic E-state index is 5.34. The Balaban J connectivity index is 2.38. The number of aliphatic imine (C=N–C) groups is 1. The maximum Gasteiger partial charge on any atom is 0.193 e. The maximum absolute atomic E-state index is 5.34. The summed E-state index contributed by atoms with van der Waals surface area (Å²) in [5.41, 5.74) is 5.34. The third-order valence-electron chi connectivity index (χ3n) is 1.29. The van der Waals surface area contributed by atoms with E-state index in [1.54, 1.807) is 18.5 Å². The van der Waals surface area contributed by atoms with Crippen molar-refractivity contribution in [2.45, 2.75) is 12.8 Å². The Kier molecular flexibility index (Phi) is 3.41. The molecule has 0 amide bonds. The molecule has 0 aromatic heterocycles. The molecule has 0 fully saturated rings. The van der Waals surface area contributed by atoms with E-state index in [0.717, 1.165) is 18.7 Å². The van der Waals surface area contributed by atoms with Gasteiger partial charge in [-0.3, -0.25) is 0 Å². The van der Waals surface area contributed by atoms with E-state index in [-0.39, 0.29) is 0 Å². The van der Waals surface area contributed by atoms with Crippen LogP contribution in [0.1, 0.15) is 12.8 Å². The summed E-state index contributed by atoms with van der Waals surface area (Å²) in [5, 5.41) is 0. The first-order valence-corrected chi connectivity index (χ1v) is 3.68. The molecule has 0 radical (unpaired) electrons. The van der Waals surface area contributed by atoms with Crippen LogP contribution in [0.5, 0.6) is 0 Å². The van der Waals surface area contributed by atoms with Crippen LogP contribution in [0.3, 0.4) is 0 Å². The number of hydrogen-bond donors (Lipinski definition) is 1. The van der Waals surface area contributed by atoms with Crippen molar-refractivity contribution in [2.75, 3.05) is 6.54 Å². The van der Waals surface area contributed by atoms with E-state index in [1.807, 2.05) is 6.08 Å². The van der Waals surface area contributed by atoms with Crippen LogP contribution in [-0.4, -0.2) is 12.4 Å². The number of nitrogens with zero attached hydrogens (tertiary/aromatic N) is 1. The van der Waals surface area contributed by atoms with Crippen molar-refractivity contribution in [3.8, 4) is 0 Å². The first-order chi connectivity index (χ1) is 5.43. The van der Waals surface area contributed by atoms with Crippen molar-refractivity contribution in [3.63, 3.8) is 0 Å². The average molecular weight is 152 g/mol. The van der Waals surface area contributed by atoms with Gasteiger partial charge in [-0.05, 0) is 25.1 Å². The molecular weight excluding hydrogens is 140 g/mol. The van der Waals surface area contributed by atoms with Gasteiger partial charge < -0.3 is 10.5 Å². The van der Waals surface area contributed by atoms with Crippen LogP contribution in [0.4, 0.5) is 0 Å². The summed E-state index contributed by atoms with van der Waals surface area (Å²) in [6.45, 7) is 0.676. The van der Waals surface area contributed by atoms with Crippen LogP contribution in [0.25, 0.3) is 0 Å². The third kappa shape index (κ3) is 3.00. The zero-order valence-electron chi connectivity index (χ0n) is 6.36. The van der Waals surface area contributed by atoms with Gasteiger partial charge in [-0.15, -0.1) is 0 Å². The first-order valence-electron chi connectivity index (χ1n) is 3.68. The van der Waals surface area contributed by atoms with Gasteiger partial charge in [-0.1, -0.05) is 0 Å². The highest BCUT2D eigenvalue weighted by Gasteiger charge is 1.97. The average Bonchev–Trinajstić information content (AvgIpc) is 2.28. The van der Waals surface area contributed by atoms with Crippen molar-refractivity contribution in [2.24, 2.45) is 10.7 Å². The molecule has 2 N–H and O–H groups in total. The Labute approximate surface area is 66.3 Å². The lowest BCUT2D eigenvalue weighted by molar-refractivity contribution is 0.455. The summed E-state index contributed by atoms with van der Waals surface area (Å²) >= 11 is 0. The zero-order chi connectivity index (χ0) is 7.94. The Morgan fingerprint density at radius 2 is 2.36 bits per heavy atom. The number of allylic oxidation sites excluding steroid dienone is 2. The van der Waals surface area contributed by atoms with Gasteiger partial charge in [0.05, 0.1) is 6.26 Å². The van der Waals surface area contributed by atoms with Crippen molar-refractivity contribution in [3.05, 3.63) is 24.6 Å². The predicted molar refractivity (Wildman–Crippen MR) is 45.1 cm³/mol. The summed E-state index contributed by atoms with van der Waals surface area (Å²) in [4.78, 5) is 4.06. The summed E-state index contributed by atoms with van der Waals surface area (Å²) in [5.74, 6) is 0.737. The topological polar surface area (TPSA) is 47.6 Å². The molecule has 0 saturated carbocycles. The van der Waals surface area contributed by atoms with Crippen molar-refractivity contribution in [1.29, 1.82) is 0 Å². The van der Waals surface area contributed by atoms with E-state index in [0.29, 0.717) is 6.54 Å². The van der Waals surface area contributed by atoms with Crippen LogP contribution >= 0.6 is 0 Å². The third-order valence-corrected chi connectivity index (χ3v) is 1.29. The number of ether oxygens (including phenoxy) is 1. The van der Waals surface area contributed by atoms with Gasteiger partial charge in [0.1, 0.15) is 0 Å². The van der Waals surface area contributed by atoms with Gasteiger partial charge in [0.2, 0.25) is 0 Å². The minimum Gasteiger partial charge on any atom is -0.451 e. The summed E-state index contributed by atoms with van der Waals surface area (Å²) in [6.07, 6.45) is 8.70. The number of hydrogen-bond acceptors (Lipinski definition) is 3. The van der Waals surface area contributed by atoms with E-state index in [1.165, 1.54) is 0 Å². The van der Waals surface area contributed by atoms with Crippen molar-refractivity contribution < 1.29 is 4.74 Å². The molecule has 3 nitrogen and oxygen atoms in total. The number of nitrogens with two attached hydrogens (primary N) is 1. The SMILES string of the molecule is NCCCC1=NC=CC=CO1. The first kappa shape index (κ1) is 8.01. The second-order valence-electron chi connectivity index (χ2n) is 2.20. The summed E-state index contributed by atoms with van der Waals surface area (Å²) in [6, 6.07) is 0. The molecule has 0 aliphatic carbocycles. The molecule has 0 saturated heterocycles. The van der Waals surface area contributed by atoms with Crippen molar-refractivity contribution in [1.82, 2.24) is 0 Å².